The second-order valence-corrected chi connectivity index (χ2v) is 4.45. The number of carbonyl (C=O) groups excluding carboxylic acids is 1. The number of carboxylic acids is 1. The van der Waals surface area contributed by atoms with Crippen LogP contribution in [0.5, 0.6) is 0 Å². The monoisotopic (exact) mass is 255 g/mol. The van der Waals surface area contributed by atoms with Crippen molar-refractivity contribution in [2.45, 2.75) is 30.2 Å². The third-order valence-electron chi connectivity index (χ3n) is 1.36. The summed E-state index contributed by atoms with van der Waals surface area (Å²) in [4.78, 5) is 21.4. The van der Waals surface area contributed by atoms with Gasteiger partial charge in [-0.05, 0) is 0 Å². The molecule has 0 aromatic heterocycles. The fourth-order valence-electron chi connectivity index (χ4n) is 0.605. The van der Waals surface area contributed by atoms with Crippen LogP contribution < -0.4 is 5.32 Å². The third-order valence-corrected chi connectivity index (χ3v) is 2.72. The van der Waals surface area contributed by atoms with E-state index in [9.17, 15) is 9.59 Å². The van der Waals surface area contributed by atoms with Crippen molar-refractivity contribution < 1.29 is 19.8 Å². The van der Waals surface area contributed by atoms with Gasteiger partial charge in [0.15, 0.2) is 0 Å². The molecule has 5 nitrogen and oxygen atoms in total. The van der Waals surface area contributed by atoms with Gasteiger partial charge in [0, 0.05) is 0 Å². The fourth-order valence-corrected chi connectivity index (χ4v) is 1.58. The molecule has 0 aliphatic rings. The van der Waals surface area contributed by atoms with E-state index in [1.807, 2.05) is 5.82 Å². The molecule has 0 aromatic carbocycles. The Hall–Kier alpha value is -0.581. The van der Waals surface area contributed by atoms with Crippen LogP contribution in [0.25, 0.3) is 0 Å². The topological polar surface area (TPSA) is 86.6 Å². The van der Waals surface area contributed by atoms with E-state index in [2.05, 4.69) is 5.32 Å². The van der Waals surface area contributed by atoms with Crippen molar-refractivity contribution >= 4 is 26.8 Å². The molecule has 0 bridgehead atoms. The standard InChI is InChI=1S/C7H13NO4Se/c1-4(7(11)12)8-6(10)5(9)3-13-2/h4-5,9H,3H2,1-2H3,(H,8,10)(H,11,12). The first-order valence-electron chi connectivity index (χ1n) is 3.69. The Labute approximate surface area is 82.7 Å². The first kappa shape index (κ1) is 12.4. The quantitative estimate of drug-likeness (QED) is 0.555. The van der Waals surface area contributed by atoms with Crippen LogP contribution in [0.15, 0.2) is 0 Å². The van der Waals surface area contributed by atoms with Gasteiger partial charge in [-0.3, -0.25) is 0 Å². The number of hydrogen-bond donors (Lipinski definition) is 3. The minimum atomic E-state index is -1.11. The van der Waals surface area contributed by atoms with Gasteiger partial charge in [0.25, 0.3) is 0 Å². The Kier molecular flexibility index (Phi) is 5.70. The van der Waals surface area contributed by atoms with Gasteiger partial charge >= 0.3 is 82.2 Å². The normalized spacial score (nSPS) is 14.7. The predicted molar refractivity (Wildman–Crippen MR) is 47.7 cm³/mol. The predicted octanol–water partition coefficient (Wildman–Crippen LogP) is -0.893. The second-order valence-electron chi connectivity index (χ2n) is 2.54. The van der Waals surface area contributed by atoms with Crippen molar-refractivity contribution in [3.63, 3.8) is 0 Å². The molecule has 2 unspecified atom stereocenters. The van der Waals surface area contributed by atoms with Crippen molar-refractivity contribution in [3.05, 3.63) is 0 Å². The Morgan fingerprint density at radius 1 is 1.54 bits per heavy atom. The zero-order valence-electron chi connectivity index (χ0n) is 7.48. The molecule has 0 fully saturated rings. The summed E-state index contributed by atoms with van der Waals surface area (Å²) in [5.41, 5.74) is 0. The maximum absolute atomic E-state index is 11.0. The van der Waals surface area contributed by atoms with Crippen LogP contribution in [0, 0.1) is 0 Å². The zero-order valence-corrected chi connectivity index (χ0v) is 9.19. The average Bonchev–Trinajstić information content (AvgIpc) is 2.04. The molecular formula is C7H13NO4Se. The van der Waals surface area contributed by atoms with Crippen LogP contribution in [-0.2, 0) is 9.59 Å². The van der Waals surface area contributed by atoms with Gasteiger partial charge in [0.2, 0.25) is 0 Å². The van der Waals surface area contributed by atoms with E-state index in [-0.39, 0.29) is 15.0 Å². The van der Waals surface area contributed by atoms with E-state index in [1.54, 1.807) is 0 Å². The Morgan fingerprint density at radius 3 is 2.46 bits per heavy atom. The van der Waals surface area contributed by atoms with E-state index in [0.29, 0.717) is 5.32 Å². The molecule has 0 spiro atoms. The first-order valence-corrected chi connectivity index (χ1v) is 6.61. The van der Waals surface area contributed by atoms with Crippen LogP contribution >= 0.6 is 0 Å². The van der Waals surface area contributed by atoms with E-state index in [4.69, 9.17) is 10.2 Å². The van der Waals surface area contributed by atoms with E-state index >= 15 is 0 Å². The fraction of sp³-hybridized carbons (Fsp3) is 0.714. The van der Waals surface area contributed by atoms with Crippen molar-refractivity contribution in [1.29, 1.82) is 0 Å². The zero-order chi connectivity index (χ0) is 10.4. The number of nitrogens with one attached hydrogen (secondary N) is 1. The Balaban J connectivity index is 3.92. The summed E-state index contributed by atoms with van der Waals surface area (Å²) in [5.74, 6) is 0.172. The molecule has 0 heterocycles. The molecule has 6 heteroatoms. The summed E-state index contributed by atoms with van der Waals surface area (Å²) in [7, 11) is 0. The Morgan fingerprint density at radius 2 is 2.08 bits per heavy atom. The summed E-state index contributed by atoms with van der Waals surface area (Å²) in [5, 5.41) is 20.2. The number of rotatable bonds is 5. The van der Waals surface area contributed by atoms with Crippen LogP contribution in [0.1, 0.15) is 6.92 Å². The van der Waals surface area contributed by atoms with Crippen molar-refractivity contribution in [3.8, 4) is 0 Å². The molecular weight excluding hydrogens is 241 g/mol. The number of carboxylic acid groups (broad SMARTS) is 1. The average molecular weight is 254 g/mol. The molecule has 0 radical (unpaired) electrons. The molecule has 0 aliphatic carbocycles. The van der Waals surface area contributed by atoms with Crippen LogP contribution in [0.2, 0.25) is 11.1 Å². The van der Waals surface area contributed by atoms with Crippen molar-refractivity contribution in [1.82, 2.24) is 5.32 Å². The molecule has 3 N–H and O–H groups in total. The molecule has 13 heavy (non-hydrogen) atoms. The molecule has 0 aliphatic heterocycles. The number of hydrogen-bond acceptors (Lipinski definition) is 3. The van der Waals surface area contributed by atoms with Gasteiger partial charge < -0.3 is 0 Å². The van der Waals surface area contributed by atoms with Gasteiger partial charge in [-0.25, -0.2) is 0 Å². The SMILES string of the molecule is C[Se]CC(O)C(=O)NC(C)C(=O)O. The molecule has 0 aromatic rings. The molecule has 0 saturated carbocycles. The van der Waals surface area contributed by atoms with Gasteiger partial charge in [-0.1, -0.05) is 0 Å². The van der Waals surface area contributed by atoms with Crippen molar-refractivity contribution in [2.75, 3.05) is 0 Å². The maximum atomic E-state index is 11.0. The van der Waals surface area contributed by atoms with Crippen LogP contribution in [0.4, 0.5) is 0 Å². The molecule has 0 saturated heterocycles. The third kappa shape index (κ3) is 4.87. The summed E-state index contributed by atoms with van der Waals surface area (Å²) in [6.45, 7) is 1.35. The van der Waals surface area contributed by atoms with Crippen LogP contribution in [-0.4, -0.2) is 49.2 Å². The van der Waals surface area contributed by atoms with E-state index < -0.39 is 24.0 Å². The van der Waals surface area contributed by atoms with E-state index in [1.165, 1.54) is 6.92 Å². The summed E-state index contributed by atoms with van der Waals surface area (Å²) >= 11 is 0.198. The molecule has 0 rings (SSSR count). The summed E-state index contributed by atoms with van der Waals surface area (Å²) in [6, 6.07) is -0.952. The van der Waals surface area contributed by atoms with Gasteiger partial charge in [0.1, 0.15) is 0 Å². The molecule has 1 amide bonds. The minimum absolute atomic E-state index is 0.198. The van der Waals surface area contributed by atoms with E-state index in [0.717, 1.165) is 0 Å². The van der Waals surface area contributed by atoms with Gasteiger partial charge in [0.05, 0.1) is 0 Å². The Bertz CT molecular complexity index is 197. The number of aliphatic carboxylic acids is 1. The number of aliphatic hydroxyl groups is 1. The molecule has 76 valence electrons. The summed E-state index contributed by atoms with van der Waals surface area (Å²) < 4.78 is 0. The number of amides is 1. The van der Waals surface area contributed by atoms with Crippen molar-refractivity contribution in [2.24, 2.45) is 0 Å². The number of aliphatic hydroxyl groups excluding tert-OH is 1. The first-order chi connectivity index (χ1) is 5.99. The van der Waals surface area contributed by atoms with Gasteiger partial charge in [-0.15, -0.1) is 0 Å². The van der Waals surface area contributed by atoms with Gasteiger partial charge in [-0.2, -0.15) is 0 Å². The molecule has 2 atom stereocenters. The number of carbonyl (C=O) groups is 2. The van der Waals surface area contributed by atoms with Crippen LogP contribution in [0.3, 0.4) is 0 Å². The summed E-state index contributed by atoms with van der Waals surface area (Å²) in [6.07, 6.45) is -1.08. The second kappa shape index (κ2) is 5.96.